The number of ether oxygens (including phenoxy) is 2. The Bertz CT molecular complexity index is 863. The molecule has 1 aliphatic rings. The van der Waals surface area contributed by atoms with Crippen LogP contribution in [0.25, 0.3) is 0 Å². The first-order valence-electron chi connectivity index (χ1n) is 9.91. The van der Waals surface area contributed by atoms with Gasteiger partial charge in [0.2, 0.25) is 5.91 Å². The van der Waals surface area contributed by atoms with Crippen LogP contribution in [0.4, 0.5) is 11.5 Å². The van der Waals surface area contributed by atoms with Gasteiger partial charge in [-0.25, -0.2) is 9.97 Å². The van der Waals surface area contributed by atoms with Gasteiger partial charge in [0.25, 0.3) is 0 Å². The first-order valence-corrected chi connectivity index (χ1v) is 9.91. The van der Waals surface area contributed by atoms with E-state index in [9.17, 15) is 4.79 Å². The van der Waals surface area contributed by atoms with Gasteiger partial charge in [0, 0.05) is 36.9 Å². The Morgan fingerprint density at radius 1 is 1.21 bits per heavy atom. The number of amides is 1. The Hall–Kier alpha value is -2.67. The maximum atomic E-state index is 13.2. The number of anilines is 2. The molecule has 1 atom stereocenters. The van der Waals surface area contributed by atoms with Gasteiger partial charge >= 0.3 is 0 Å². The number of carbonyl (C=O) groups is 1. The van der Waals surface area contributed by atoms with Gasteiger partial charge in [-0.05, 0) is 25.0 Å². The van der Waals surface area contributed by atoms with Crippen molar-refractivity contribution in [1.82, 2.24) is 9.97 Å². The molecule has 1 N–H and O–H groups in total. The van der Waals surface area contributed by atoms with Crippen LogP contribution in [0, 0.1) is 0 Å². The molecule has 0 bridgehead atoms. The van der Waals surface area contributed by atoms with E-state index >= 15 is 0 Å². The maximum absolute atomic E-state index is 13.2. The Labute approximate surface area is 172 Å². The lowest BCUT2D eigenvalue weighted by molar-refractivity contribution is -0.120. The molecule has 156 valence electrons. The molecule has 0 saturated carbocycles. The highest BCUT2D eigenvalue weighted by Gasteiger charge is 2.30. The van der Waals surface area contributed by atoms with E-state index in [2.05, 4.69) is 36.1 Å². The molecular formula is C22H30N4O3. The fourth-order valence-electron chi connectivity index (χ4n) is 3.35. The van der Waals surface area contributed by atoms with Gasteiger partial charge < -0.3 is 19.7 Å². The Morgan fingerprint density at radius 2 is 2.00 bits per heavy atom. The maximum Gasteiger partial charge on any atom is 0.249 e. The minimum atomic E-state index is -0.340. The van der Waals surface area contributed by atoms with Crippen LogP contribution in [0.2, 0.25) is 0 Å². The smallest absolute Gasteiger partial charge is 0.249 e. The zero-order valence-corrected chi connectivity index (χ0v) is 17.9. The number of benzene rings is 1. The van der Waals surface area contributed by atoms with Gasteiger partial charge in [-0.3, -0.25) is 4.79 Å². The standard InChI is InChI=1S/C22H30N4O3/c1-22(2,3)21-23-15(14-28-4)12-19(25-21)24-18-10-7-11-26(20(18)27)16-8-6-9-17(13-16)29-5/h6,8-9,12-13,18H,7,10-11,14H2,1-5H3,(H,23,24,25). The largest absolute Gasteiger partial charge is 0.497 e. The van der Waals surface area contributed by atoms with E-state index in [4.69, 9.17) is 9.47 Å². The molecular weight excluding hydrogens is 368 g/mol. The van der Waals surface area contributed by atoms with Crippen LogP contribution in [-0.4, -0.2) is 42.7 Å². The molecule has 0 radical (unpaired) electrons. The second-order valence-corrected chi connectivity index (χ2v) is 8.28. The lowest BCUT2D eigenvalue weighted by Crippen LogP contribution is -2.48. The lowest BCUT2D eigenvalue weighted by Gasteiger charge is -2.33. The van der Waals surface area contributed by atoms with Crippen LogP contribution in [0.1, 0.15) is 45.1 Å². The van der Waals surface area contributed by atoms with Gasteiger partial charge in [0.1, 0.15) is 23.4 Å². The first kappa shape index (κ1) is 21.0. The highest BCUT2D eigenvalue weighted by atomic mass is 16.5. The minimum Gasteiger partial charge on any atom is -0.497 e. The minimum absolute atomic E-state index is 0.0358. The molecule has 1 fully saturated rings. The summed E-state index contributed by atoms with van der Waals surface area (Å²) in [5.41, 5.74) is 1.44. The molecule has 29 heavy (non-hydrogen) atoms. The summed E-state index contributed by atoms with van der Waals surface area (Å²) in [4.78, 5) is 24.3. The van der Waals surface area contributed by atoms with E-state index < -0.39 is 0 Å². The molecule has 1 amide bonds. The zero-order chi connectivity index (χ0) is 21.0. The summed E-state index contributed by atoms with van der Waals surface area (Å²) in [5.74, 6) is 2.15. The molecule has 0 aliphatic carbocycles. The number of nitrogens with one attached hydrogen (secondary N) is 1. The molecule has 0 spiro atoms. The third kappa shape index (κ3) is 5.03. The van der Waals surface area contributed by atoms with Crippen molar-refractivity contribution >= 4 is 17.4 Å². The molecule has 1 unspecified atom stereocenters. The summed E-state index contributed by atoms with van der Waals surface area (Å²) in [6.07, 6.45) is 1.66. The fourth-order valence-corrected chi connectivity index (χ4v) is 3.35. The molecule has 1 aromatic heterocycles. The summed E-state index contributed by atoms with van der Waals surface area (Å²) in [5, 5.41) is 3.34. The topological polar surface area (TPSA) is 76.6 Å². The van der Waals surface area contributed by atoms with Crippen molar-refractivity contribution in [2.75, 3.05) is 31.0 Å². The van der Waals surface area contributed by atoms with Crippen LogP contribution >= 0.6 is 0 Å². The molecule has 1 aliphatic heterocycles. The van der Waals surface area contributed by atoms with Gasteiger partial charge in [0.15, 0.2) is 0 Å². The fraction of sp³-hybridized carbons (Fsp3) is 0.500. The third-order valence-corrected chi connectivity index (χ3v) is 4.87. The van der Waals surface area contributed by atoms with E-state index in [1.807, 2.05) is 35.2 Å². The van der Waals surface area contributed by atoms with Crippen LogP contribution < -0.4 is 15.0 Å². The van der Waals surface area contributed by atoms with Crippen LogP contribution in [0.3, 0.4) is 0 Å². The second kappa shape index (κ2) is 8.78. The number of aromatic nitrogens is 2. The SMILES string of the molecule is COCc1cc(NC2CCCN(c3cccc(OC)c3)C2=O)nc(C(C)(C)C)n1. The number of hydrogen-bond acceptors (Lipinski definition) is 6. The van der Waals surface area contributed by atoms with E-state index in [0.717, 1.165) is 35.8 Å². The molecule has 7 nitrogen and oxygen atoms in total. The predicted octanol–water partition coefficient (Wildman–Crippen LogP) is 3.54. The molecule has 2 aromatic rings. The number of nitrogens with zero attached hydrogens (tertiary/aromatic N) is 3. The second-order valence-electron chi connectivity index (χ2n) is 8.28. The molecule has 1 saturated heterocycles. The van der Waals surface area contributed by atoms with E-state index in [-0.39, 0.29) is 17.4 Å². The quantitative estimate of drug-likeness (QED) is 0.802. The number of methoxy groups -OCH3 is 2. The summed E-state index contributed by atoms with van der Waals surface area (Å²) in [6, 6.07) is 9.11. The van der Waals surface area contributed by atoms with Crippen LogP contribution in [0.15, 0.2) is 30.3 Å². The summed E-state index contributed by atoms with van der Waals surface area (Å²) < 4.78 is 10.6. The number of carbonyl (C=O) groups excluding carboxylic acids is 1. The van der Waals surface area contributed by atoms with Crippen molar-refractivity contribution in [3.05, 3.63) is 41.9 Å². The molecule has 2 heterocycles. The van der Waals surface area contributed by atoms with Crippen LogP contribution in [-0.2, 0) is 21.6 Å². The summed E-state index contributed by atoms with van der Waals surface area (Å²) in [7, 11) is 3.27. The van der Waals surface area contributed by atoms with Gasteiger partial charge in [-0.2, -0.15) is 0 Å². The van der Waals surface area contributed by atoms with Crippen molar-refractivity contribution in [3.8, 4) is 5.75 Å². The predicted molar refractivity (Wildman–Crippen MR) is 113 cm³/mol. The van der Waals surface area contributed by atoms with Crippen molar-refractivity contribution < 1.29 is 14.3 Å². The Kier molecular flexibility index (Phi) is 6.37. The van der Waals surface area contributed by atoms with E-state index in [1.165, 1.54) is 0 Å². The number of hydrogen-bond donors (Lipinski definition) is 1. The van der Waals surface area contributed by atoms with E-state index in [0.29, 0.717) is 19.0 Å². The highest BCUT2D eigenvalue weighted by molar-refractivity contribution is 5.99. The molecule has 3 rings (SSSR count). The highest BCUT2D eigenvalue weighted by Crippen LogP contribution is 2.27. The average Bonchev–Trinajstić information content (AvgIpc) is 2.69. The van der Waals surface area contributed by atoms with Crippen LogP contribution in [0.5, 0.6) is 5.75 Å². The lowest BCUT2D eigenvalue weighted by atomic mass is 9.95. The van der Waals surface area contributed by atoms with Crippen molar-refractivity contribution in [1.29, 1.82) is 0 Å². The Morgan fingerprint density at radius 3 is 2.69 bits per heavy atom. The van der Waals surface area contributed by atoms with Gasteiger partial charge in [-0.1, -0.05) is 26.8 Å². The van der Waals surface area contributed by atoms with Crippen molar-refractivity contribution in [2.45, 2.75) is 51.7 Å². The first-order chi connectivity index (χ1) is 13.8. The van der Waals surface area contributed by atoms with Crippen molar-refractivity contribution in [3.63, 3.8) is 0 Å². The normalized spacial score (nSPS) is 17.3. The monoisotopic (exact) mass is 398 g/mol. The Balaban J connectivity index is 1.83. The summed E-state index contributed by atoms with van der Waals surface area (Å²) >= 11 is 0. The zero-order valence-electron chi connectivity index (χ0n) is 17.9. The molecule has 7 heteroatoms. The van der Waals surface area contributed by atoms with Gasteiger partial charge in [0.05, 0.1) is 19.4 Å². The van der Waals surface area contributed by atoms with Crippen molar-refractivity contribution in [2.24, 2.45) is 0 Å². The number of rotatable bonds is 6. The average molecular weight is 399 g/mol. The third-order valence-electron chi connectivity index (χ3n) is 4.87. The summed E-state index contributed by atoms with van der Waals surface area (Å²) in [6.45, 7) is 7.29. The van der Waals surface area contributed by atoms with Gasteiger partial charge in [-0.15, -0.1) is 0 Å². The van der Waals surface area contributed by atoms with E-state index in [1.54, 1.807) is 14.2 Å². The number of piperidine rings is 1. The molecule has 1 aromatic carbocycles.